The molecule has 0 aromatic heterocycles. The molecule has 1 aliphatic rings. The van der Waals surface area contributed by atoms with Crippen LogP contribution < -0.4 is 5.32 Å². The Labute approximate surface area is 121 Å². The molecule has 0 spiro atoms. The molecule has 2 rings (SSSR count). The molecule has 1 aliphatic heterocycles. The van der Waals surface area contributed by atoms with Crippen LogP contribution in [0.25, 0.3) is 0 Å². The molecule has 1 fully saturated rings. The molecule has 0 unspecified atom stereocenters. The first-order valence-corrected chi connectivity index (χ1v) is 7.24. The van der Waals surface area contributed by atoms with Crippen LogP contribution >= 0.6 is 11.6 Å². The van der Waals surface area contributed by atoms with Gasteiger partial charge in [0.2, 0.25) is 0 Å². The Kier molecular flexibility index (Phi) is 5.27. The van der Waals surface area contributed by atoms with E-state index in [9.17, 15) is 0 Å². The van der Waals surface area contributed by atoms with Gasteiger partial charge in [-0.05, 0) is 37.5 Å². The van der Waals surface area contributed by atoms with Crippen molar-refractivity contribution in [1.82, 2.24) is 10.2 Å². The van der Waals surface area contributed by atoms with Crippen molar-refractivity contribution < 1.29 is 0 Å². The van der Waals surface area contributed by atoms with E-state index in [-0.39, 0.29) is 0 Å². The summed E-state index contributed by atoms with van der Waals surface area (Å²) in [7, 11) is 0. The lowest BCUT2D eigenvalue weighted by Gasteiger charge is -2.33. The van der Waals surface area contributed by atoms with Gasteiger partial charge < -0.3 is 5.32 Å². The van der Waals surface area contributed by atoms with E-state index in [2.05, 4.69) is 29.1 Å². The van der Waals surface area contributed by atoms with E-state index in [1.165, 1.54) is 5.56 Å². The van der Waals surface area contributed by atoms with Crippen molar-refractivity contribution in [1.29, 1.82) is 0 Å². The van der Waals surface area contributed by atoms with Gasteiger partial charge in [-0.15, -0.1) is 6.42 Å². The average molecular weight is 277 g/mol. The van der Waals surface area contributed by atoms with Gasteiger partial charge in [0, 0.05) is 30.2 Å². The van der Waals surface area contributed by atoms with E-state index in [1.807, 2.05) is 18.2 Å². The minimum absolute atomic E-state index is 0.336. The highest BCUT2D eigenvalue weighted by Crippen LogP contribution is 2.20. The van der Waals surface area contributed by atoms with E-state index in [0.29, 0.717) is 12.1 Å². The fraction of sp³-hybridized carbons (Fsp3) is 0.500. The Bertz CT molecular complexity index is 444. The van der Waals surface area contributed by atoms with Gasteiger partial charge in [-0.1, -0.05) is 29.7 Å². The van der Waals surface area contributed by atoms with Crippen molar-refractivity contribution in [3.8, 4) is 12.3 Å². The van der Waals surface area contributed by atoms with Gasteiger partial charge >= 0.3 is 0 Å². The molecular formula is C16H21ClN2. The molecule has 1 saturated heterocycles. The van der Waals surface area contributed by atoms with Crippen molar-refractivity contribution in [2.75, 3.05) is 19.6 Å². The van der Waals surface area contributed by atoms with Gasteiger partial charge in [0.25, 0.3) is 0 Å². The molecule has 102 valence electrons. The third kappa shape index (κ3) is 4.24. The van der Waals surface area contributed by atoms with Crippen LogP contribution in [0, 0.1) is 12.3 Å². The third-order valence-corrected chi connectivity index (χ3v) is 3.97. The van der Waals surface area contributed by atoms with Crippen molar-refractivity contribution in [2.24, 2.45) is 0 Å². The molecule has 1 aromatic carbocycles. The highest BCUT2D eigenvalue weighted by molar-refractivity contribution is 6.30. The summed E-state index contributed by atoms with van der Waals surface area (Å²) < 4.78 is 0. The molecular weight excluding hydrogens is 256 g/mol. The van der Waals surface area contributed by atoms with E-state index in [1.54, 1.807) is 0 Å². The van der Waals surface area contributed by atoms with Crippen molar-refractivity contribution >= 4 is 11.6 Å². The van der Waals surface area contributed by atoms with Crippen LogP contribution in [0.5, 0.6) is 0 Å². The van der Waals surface area contributed by atoms with E-state index in [4.69, 9.17) is 18.0 Å². The second-order valence-corrected chi connectivity index (χ2v) is 5.63. The first-order valence-electron chi connectivity index (χ1n) is 6.86. The number of halogens is 1. The third-order valence-electron chi connectivity index (χ3n) is 3.74. The first-order chi connectivity index (χ1) is 9.19. The Morgan fingerprint density at radius 3 is 2.84 bits per heavy atom. The van der Waals surface area contributed by atoms with Crippen molar-refractivity contribution in [3.05, 3.63) is 34.9 Å². The number of nitrogens with one attached hydrogen (secondary N) is 1. The van der Waals surface area contributed by atoms with E-state index >= 15 is 0 Å². The lowest BCUT2D eigenvalue weighted by Crippen LogP contribution is -2.43. The molecule has 0 aliphatic carbocycles. The number of likely N-dealkylation sites (tertiary alicyclic amines) is 1. The quantitative estimate of drug-likeness (QED) is 0.850. The zero-order valence-corrected chi connectivity index (χ0v) is 12.2. The molecule has 0 saturated carbocycles. The monoisotopic (exact) mass is 276 g/mol. The number of nitrogens with zero attached hydrogens (tertiary/aromatic N) is 1. The number of hydrogen-bond acceptors (Lipinski definition) is 2. The maximum atomic E-state index is 6.03. The summed E-state index contributed by atoms with van der Waals surface area (Å²) in [4.78, 5) is 2.34. The van der Waals surface area contributed by atoms with Gasteiger partial charge in [0.1, 0.15) is 0 Å². The smallest absolute Gasteiger partial charge is 0.0598 e. The lowest BCUT2D eigenvalue weighted by atomic mass is 10.0. The fourth-order valence-corrected chi connectivity index (χ4v) is 2.81. The fourth-order valence-electron chi connectivity index (χ4n) is 2.61. The van der Waals surface area contributed by atoms with E-state index in [0.717, 1.165) is 37.5 Å². The topological polar surface area (TPSA) is 15.3 Å². The maximum absolute atomic E-state index is 6.03. The Morgan fingerprint density at radius 2 is 2.21 bits per heavy atom. The molecule has 0 bridgehead atoms. The largest absolute Gasteiger partial charge is 0.307 e. The molecule has 2 nitrogen and oxygen atoms in total. The van der Waals surface area contributed by atoms with Gasteiger partial charge in [-0.3, -0.25) is 4.90 Å². The minimum Gasteiger partial charge on any atom is -0.307 e. The second kappa shape index (κ2) is 6.96. The molecule has 0 amide bonds. The normalized spacial score (nSPS) is 19.0. The molecule has 3 heteroatoms. The first kappa shape index (κ1) is 14.4. The van der Waals surface area contributed by atoms with Crippen LogP contribution in [0.1, 0.15) is 31.4 Å². The van der Waals surface area contributed by atoms with Crippen molar-refractivity contribution in [2.45, 2.75) is 31.8 Å². The van der Waals surface area contributed by atoms with Gasteiger partial charge in [-0.2, -0.15) is 0 Å². The predicted molar refractivity (Wildman–Crippen MR) is 81.3 cm³/mol. The number of rotatable bonds is 4. The summed E-state index contributed by atoms with van der Waals surface area (Å²) in [6.07, 6.45) is 7.66. The molecule has 1 aromatic rings. The van der Waals surface area contributed by atoms with Gasteiger partial charge in [0.15, 0.2) is 0 Å². The number of hydrogen-bond donors (Lipinski definition) is 1. The number of benzene rings is 1. The molecule has 1 heterocycles. The Hall–Kier alpha value is -1.01. The minimum atomic E-state index is 0.336. The van der Waals surface area contributed by atoms with Crippen LogP contribution in [-0.4, -0.2) is 30.6 Å². The number of piperidine rings is 1. The standard InChI is InChI=1S/C16H21ClN2/c1-3-9-19-10-7-16(8-11-19)18-13(2)14-5-4-6-15(17)12-14/h1,4-6,12-13,16,18H,7-11H2,2H3/t13-/m0/s1. The van der Waals surface area contributed by atoms with Crippen LogP contribution in [0.15, 0.2) is 24.3 Å². The summed E-state index contributed by atoms with van der Waals surface area (Å²) in [6, 6.07) is 8.98. The summed E-state index contributed by atoms with van der Waals surface area (Å²) in [6.45, 7) is 5.14. The van der Waals surface area contributed by atoms with Crippen LogP contribution in [0.3, 0.4) is 0 Å². The summed E-state index contributed by atoms with van der Waals surface area (Å²) in [5.74, 6) is 2.72. The second-order valence-electron chi connectivity index (χ2n) is 5.20. The van der Waals surface area contributed by atoms with Gasteiger partial charge in [0.05, 0.1) is 6.54 Å². The van der Waals surface area contributed by atoms with Crippen LogP contribution in [0.4, 0.5) is 0 Å². The number of terminal acetylenes is 1. The molecule has 1 N–H and O–H groups in total. The Balaban J connectivity index is 1.84. The highest BCUT2D eigenvalue weighted by atomic mass is 35.5. The summed E-state index contributed by atoms with van der Waals surface area (Å²) in [5.41, 5.74) is 1.25. The van der Waals surface area contributed by atoms with Crippen molar-refractivity contribution in [3.63, 3.8) is 0 Å². The molecule has 0 radical (unpaired) electrons. The maximum Gasteiger partial charge on any atom is 0.0598 e. The highest BCUT2D eigenvalue weighted by Gasteiger charge is 2.20. The average Bonchev–Trinajstić information content (AvgIpc) is 2.41. The lowest BCUT2D eigenvalue weighted by molar-refractivity contribution is 0.211. The van der Waals surface area contributed by atoms with E-state index < -0.39 is 0 Å². The van der Waals surface area contributed by atoms with Gasteiger partial charge in [-0.25, -0.2) is 0 Å². The van der Waals surface area contributed by atoms with Crippen LogP contribution in [-0.2, 0) is 0 Å². The predicted octanol–water partition coefficient (Wildman–Crippen LogP) is 3.09. The summed E-state index contributed by atoms with van der Waals surface area (Å²) in [5, 5.41) is 4.49. The molecule has 19 heavy (non-hydrogen) atoms. The summed E-state index contributed by atoms with van der Waals surface area (Å²) >= 11 is 6.03. The SMILES string of the molecule is C#CCN1CCC(N[C@@H](C)c2cccc(Cl)c2)CC1. The molecule has 1 atom stereocenters. The van der Waals surface area contributed by atoms with Crippen LogP contribution in [0.2, 0.25) is 5.02 Å². The Morgan fingerprint density at radius 1 is 1.47 bits per heavy atom. The zero-order valence-electron chi connectivity index (χ0n) is 11.4. The zero-order chi connectivity index (χ0) is 13.7.